The Morgan fingerprint density at radius 3 is 1.20 bits per heavy atom. The number of hydrogen-bond donors (Lipinski definition) is 4. The zero-order chi connectivity index (χ0) is 70.0. The third-order valence-electron chi connectivity index (χ3n) is 10.2. The van der Waals surface area contributed by atoms with Crippen LogP contribution in [0.4, 0.5) is 0 Å². The van der Waals surface area contributed by atoms with E-state index in [0.717, 1.165) is 90.6 Å². The summed E-state index contributed by atoms with van der Waals surface area (Å²) in [7, 11) is 13.5. The van der Waals surface area contributed by atoms with E-state index >= 15 is 0 Å². The van der Waals surface area contributed by atoms with Gasteiger partial charge >= 0.3 is 47.8 Å². The lowest BCUT2D eigenvalue weighted by atomic mass is 10.1. The first-order valence-electron chi connectivity index (χ1n) is 30.0. The van der Waals surface area contributed by atoms with Crippen LogP contribution in [-0.4, -0.2) is 317 Å². The minimum absolute atomic E-state index is 0. The fraction of sp³-hybridized carbons (Fsp3) is 0.839. The number of esters is 8. The molecule has 2 aliphatic rings. The van der Waals surface area contributed by atoms with Gasteiger partial charge in [-0.25, -0.2) is 0 Å². The lowest BCUT2D eigenvalue weighted by Gasteiger charge is -2.28. The van der Waals surface area contributed by atoms with Crippen molar-refractivity contribution in [3.05, 3.63) is 12.3 Å². The van der Waals surface area contributed by atoms with Crippen molar-refractivity contribution in [2.75, 3.05) is 207 Å². The number of likely N-dealkylation sites (tertiary alicyclic amines) is 1. The first kappa shape index (κ1) is 101. The monoisotopic (exact) mass is 1310 g/mol. The molecule has 2 fully saturated rings. The second kappa shape index (κ2) is 72.9. The summed E-state index contributed by atoms with van der Waals surface area (Å²) in [5.74, 6) is -1.26. The molecule has 0 spiro atoms. The molecule has 2 saturated heterocycles. The summed E-state index contributed by atoms with van der Waals surface area (Å²) in [5, 5.41) is 34.9. The molecule has 0 amide bonds. The highest BCUT2D eigenvalue weighted by Crippen LogP contribution is 2.09. The molecule has 1 unspecified atom stereocenters. The Hall–Kier alpha value is -5.14. The number of hydrogen-bond acceptors (Lipinski definition) is 28. The molecule has 538 valence electrons. The molecule has 4 N–H and O–H groups in total. The van der Waals surface area contributed by atoms with Crippen LogP contribution in [0, 0.1) is 0 Å². The highest BCUT2D eigenvalue weighted by Gasteiger charge is 2.16. The molecule has 0 aliphatic carbocycles. The predicted molar refractivity (Wildman–Crippen MR) is 347 cm³/mol. The van der Waals surface area contributed by atoms with Crippen LogP contribution in [0.1, 0.15) is 129 Å². The summed E-state index contributed by atoms with van der Waals surface area (Å²) in [5.41, 5.74) is -0.328. The Bertz CT molecular complexity index is 1710. The van der Waals surface area contributed by atoms with Gasteiger partial charge in [0.2, 0.25) is 0 Å². The molecule has 0 bridgehead atoms. The van der Waals surface area contributed by atoms with Crippen LogP contribution >= 0.6 is 0 Å². The van der Waals surface area contributed by atoms with E-state index in [-0.39, 0.29) is 93.8 Å². The van der Waals surface area contributed by atoms with Crippen LogP contribution in [0.15, 0.2) is 12.3 Å². The Labute approximate surface area is 542 Å². The second-order valence-corrected chi connectivity index (χ2v) is 21.4. The second-order valence-electron chi connectivity index (χ2n) is 21.4. The van der Waals surface area contributed by atoms with Crippen molar-refractivity contribution < 1.29 is 106 Å². The normalized spacial score (nSPS) is 12.6. The van der Waals surface area contributed by atoms with Gasteiger partial charge in [0.05, 0.1) is 59.1 Å². The van der Waals surface area contributed by atoms with Gasteiger partial charge in [0.25, 0.3) is 0 Å². The molecule has 28 nitrogen and oxygen atoms in total. The van der Waals surface area contributed by atoms with Crippen molar-refractivity contribution in [2.24, 2.45) is 0 Å². The Balaban J connectivity index is -0.000000142. The topological polar surface area (TPSA) is 329 Å². The molecule has 2 rings (SSSR count). The number of piperidine rings is 1. The van der Waals surface area contributed by atoms with Gasteiger partial charge in [-0.1, -0.05) is 20.4 Å². The third-order valence-corrected chi connectivity index (χ3v) is 10.2. The van der Waals surface area contributed by atoms with Gasteiger partial charge in [0.15, 0.2) is 0 Å². The van der Waals surface area contributed by atoms with E-state index in [0.29, 0.717) is 59.2 Å². The van der Waals surface area contributed by atoms with E-state index in [9.17, 15) is 43.5 Å². The van der Waals surface area contributed by atoms with E-state index in [1.165, 1.54) is 74.7 Å². The van der Waals surface area contributed by atoms with Gasteiger partial charge in [-0.3, -0.25) is 48.2 Å². The first-order valence-corrected chi connectivity index (χ1v) is 30.0. The Morgan fingerprint density at radius 1 is 0.478 bits per heavy atom. The quantitative estimate of drug-likeness (QED) is 0.0361. The van der Waals surface area contributed by atoms with E-state index in [2.05, 4.69) is 40.4 Å². The van der Waals surface area contributed by atoms with Crippen LogP contribution in [-0.2, 0) is 85.7 Å². The van der Waals surface area contributed by atoms with Crippen LogP contribution < -0.4 is 0 Å². The molecule has 28 heteroatoms. The van der Waals surface area contributed by atoms with Crippen molar-refractivity contribution in [1.29, 1.82) is 0 Å². The van der Waals surface area contributed by atoms with Gasteiger partial charge in [0.1, 0.15) is 44.7 Å². The maximum Gasteiger partial charge on any atom is 0.303 e. The number of nitrogens with zero attached hydrogens (tertiary/aromatic N) is 6. The van der Waals surface area contributed by atoms with Gasteiger partial charge in [-0.05, 0) is 122 Å². The molecule has 0 radical (unpaired) electrons. The number of ether oxygens (including phenoxy) is 10. The van der Waals surface area contributed by atoms with Crippen molar-refractivity contribution in [3.8, 4) is 0 Å². The van der Waals surface area contributed by atoms with Gasteiger partial charge in [0, 0.05) is 114 Å². The van der Waals surface area contributed by atoms with Crippen molar-refractivity contribution in [2.45, 2.75) is 141 Å². The lowest BCUT2D eigenvalue weighted by Crippen LogP contribution is -2.38. The minimum atomic E-state index is -0.544. The maximum absolute atomic E-state index is 10.5. The number of carbonyl (C=O) groups excluding carboxylic acids is 8. The van der Waals surface area contributed by atoms with Crippen molar-refractivity contribution in [1.82, 2.24) is 29.4 Å². The average molecular weight is 1310 g/mol. The molecule has 2 aliphatic heterocycles. The number of carbonyl (C=O) groups is 8. The summed E-state index contributed by atoms with van der Waals surface area (Å²) >= 11 is 0. The number of rotatable bonds is 29. The first-order chi connectivity index (χ1) is 41.5. The van der Waals surface area contributed by atoms with Gasteiger partial charge in [-0.2, -0.15) is 0 Å². The number of methoxy groups -OCH3 is 1. The molecular weight excluding hydrogens is 1180 g/mol. The summed E-state index contributed by atoms with van der Waals surface area (Å²) in [6.07, 6.45) is 6.11. The summed E-state index contributed by atoms with van der Waals surface area (Å²) in [6, 6.07) is 0. The molecule has 0 aromatic carbocycles. The Kier molecular flexibility index (Phi) is 81.8. The number of β-amino-alcohol motifs (C(OH)–C–C–N with tert-alkyl or cyclic N) is 1. The number of unbranched alkanes of at least 4 members (excludes halogenated alkanes) is 1. The van der Waals surface area contributed by atoms with Crippen LogP contribution in [0.5, 0.6) is 0 Å². The maximum atomic E-state index is 10.5. The molecular formula is C62H128N6O22. The minimum Gasteiger partial charge on any atom is -0.502 e. The van der Waals surface area contributed by atoms with E-state index in [4.69, 9.17) is 48.5 Å². The number of aliphatic hydroxyl groups excluding tert-OH is 4. The fourth-order valence-electron chi connectivity index (χ4n) is 6.12. The molecule has 2 heterocycles. The zero-order valence-corrected chi connectivity index (χ0v) is 58.3. The number of likely N-dealkylation sites (N-methyl/N-ethyl adjacent to an activating group) is 1. The molecule has 0 aromatic heterocycles. The van der Waals surface area contributed by atoms with Gasteiger partial charge in [-0.15, -0.1) is 0 Å². The summed E-state index contributed by atoms with van der Waals surface area (Å²) < 4.78 is 47.3. The lowest BCUT2D eigenvalue weighted by molar-refractivity contribution is -0.152. The third kappa shape index (κ3) is 114. The number of morpholine rings is 1. The summed E-state index contributed by atoms with van der Waals surface area (Å²) in [4.78, 5) is 94.6. The van der Waals surface area contributed by atoms with E-state index < -0.39 is 6.10 Å². The fourth-order valence-corrected chi connectivity index (χ4v) is 6.12. The van der Waals surface area contributed by atoms with Crippen molar-refractivity contribution in [3.63, 3.8) is 0 Å². The van der Waals surface area contributed by atoms with E-state index in [1.54, 1.807) is 14.0 Å². The smallest absolute Gasteiger partial charge is 0.303 e. The summed E-state index contributed by atoms with van der Waals surface area (Å²) in [6.45, 7) is 35.8. The largest absolute Gasteiger partial charge is 0.502 e. The van der Waals surface area contributed by atoms with Crippen LogP contribution in [0.3, 0.4) is 0 Å². The molecule has 0 aromatic rings. The molecule has 90 heavy (non-hydrogen) atoms. The number of allylic oxidation sites excluding steroid dienone is 1. The zero-order valence-electron chi connectivity index (χ0n) is 58.3. The highest BCUT2D eigenvalue weighted by atomic mass is 16.6. The number of aliphatic hydroxyl groups is 4. The SMILES string of the molecule is C.C=C(C)OC.CC(=O)OC(C)(C)C.CC(=O)OCC(O)CN1CCCCC1.CC(=O)OCCCCN(C)C.CC(=O)OCCCN(C)C.CC(=O)OCCN(C)C.CC(=O)OCCN(CCO)CCO.CC(=O)OCCN1CCOCC1.CC(=O)OCCO. The van der Waals surface area contributed by atoms with E-state index in [1.807, 2.05) is 72.9 Å². The molecule has 0 saturated carbocycles. The highest BCUT2D eigenvalue weighted by molar-refractivity contribution is 5.68. The standard InChI is InChI=1S/C10H19NO3.C8H17NO4.C8H15NO3.C8H17NO2.C7H15NO2.C6H13NO2.C6H12O2.C4H8O3.C4H8O.CH4/c1-9(12)14-8-10(13)7-11-5-3-2-4-6-11;1-8(12)13-7-4-9(2-5-10)3-6-11;1-8(10)12-7-4-9-2-5-11-6-3-9;1-8(10)11-7-5-4-6-9(2)3;1-7(9)10-6-4-5-8(2)3;1-6(8)9-5-4-7(2)3;1-5(7)8-6(2,3)4;1-4(6)7-3-2-5;1-4(2)5-3;/h10,13H,2-8H2,1H3;10-11H,2-7H2,1H3;2-7H2,1H3;4-7H2,1-3H3;4-6H2,1-3H3;4-5H2,1-3H3;1-4H3;5H,2-3H2,1H3;1H2,2-3H3;1H4. The Morgan fingerprint density at radius 2 is 0.856 bits per heavy atom. The van der Waals surface area contributed by atoms with Crippen LogP contribution in [0.25, 0.3) is 0 Å². The van der Waals surface area contributed by atoms with Crippen molar-refractivity contribution >= 4 is 47.8 Å². The molecule has 1 atom stereocenters. The van der Waals surface area contributed by atoms with Gasteiger partial charge < -0.3 is 87.4 Å². The average Bonchev–Trinajstić information content (AvgIpc) is 3.49. The van der Waals surface area contributed by atoms with Crippen LogP contribution in [0.2, 0.25) is 0 Å². The predicted octanol–water partition coefficient (Wildman–Crippen LogP) is 3.31.